The zero-order valence-electron chi connectivity index (χ0n) is 8.34. The minimum absolute atomic E-state index is 0.231. The van der Waals surface area contributed by atoms with Crippen molar-refractivity contribution < 1.29 is 4.74 Å². The second-order valence-electron chi connectivity index (χ2n) is 3.60. The average Bonchev–Trinajstić information content (AvgIpc) is 2.57. The van der Waals surface area contributed by atoms with Gasteiger partial charge in [0.15, 0.2) is 0 Å². The lowest BCUT2D eigenvalue weighted by Crippen LogP contribution is -2.27. The predicted molar refractivity (Wildman–Crippen MR) is 64.4 cm³/mol. The summed E-state index contributed by atoms with van der Waals surface area (Å²) in [5, 5.41) is 3.97. The van der Waals surface area contributed by atoms with Crippen molar-refractivity contribution in [1.82, 2.24) is 4.98 Å². The molecule has 0 spiro atoms. The third kappa shape index (κ3) is 2.62. The molecule has 2 rings (SSSR count). The summed E-state index contributed by atoms with van der Waals surface area (Å²) in [6.45, 7) is 2.87. The van der Waals surface area contributed by atoms with Crippen LogP contribution < -0.4 is 5.32 Å². The molecule has 1 aliphatic heterocycles. The molecule has 1 fully saturated rings. The Kier molecular flexibility index (Phi) is 3.49. The molecule has 2 heterocycles. The highest BCUT2D eigenvalue weighted by Gasteiger charge is 2.24. The van der Waals surface area contributed by atoms with Crippen LogP contribution in [0.25, 0.3) is 0 Å². The smallest absolute Gasteiger partial charge is 0.140 e. The van der Waals surface area contributed by atoms with E-state index in [0.29, 0.717) is 11.1 Å². The molecule has 0 saturated carbocycles. The van der Waals surface area contributed by atoms with Gasteiger partial charge in [0.05, 0.1) is 21.6 Å². The van der Waals surface area contributed by atoms with Crippen molar-refractivity contribution in [2.45, 2.75) is 25.5 Å². The maximum atomic E-state index is 5.82. The van der Waals surface area contributed by atoms with Crippen molar-refractivity contribution in [1.29, 1.82) is 0 Å². The topological polar surface area (TPSA) is 34.1 Å². The number of pyridine rings is 1. The minimum Gasteiger partial charge on any atom is -0.376 e. The third-order valence-corrected chi connectivity index (χ3v) is 3.32. The Hall–Kier alpha value is -0.320. The van der Waals surface area contributed by atoms with E-state index in [1.54, 1.807) is 6.20 Å². The largest absolute Gasteiger partial charge is 0.376 e. The molecule has 15 heavy (non-hydrogen) atoms. The fraction of sp³-hybridized carbons (Fsp3) is 0.500. The summed E-state index contributed by atoms with van der Waals surface area (Å²) in [5.74, 6) is 0.821. The van der Waals surface area contributed by atoms with Crippen LogP contribution in [0.3, 0.4) is 0 Å². The Balaban J connectivity index is 2.10. The standard InChI is InChI=1S/C10H12BrClN2O/c1-6-9(2-3-15-6)14-10-8(11)4-7(12)5-13-10/h4-6,9H,2-3H2,1H3,(H,13,14). The molecular formula is C10H12BrClN2O. The maximum Gasteiger partial charge on any atom is 0.140 e. The van der Waals surface area contributed by atoms with Crippen LogP contribution in [-0.2, 0) is 4.74 Å². The lowest BCUT2D eigenvalue weighted by atomic mass is 10.1. The Labute approximate surface area is 102 Å². The van der Waals surface area contributed by atoms with Gasteiger partial charge in [0.25, 0.3) is 0 Å². The van der Waals surface area contributed by atoms with Gasteiger partial charge in [-0.05, 0) is 35.3 Å². The van der Waals surface area contributed by atoms with Gasteiger partial charge < -0.3 is 10.1 Å². The zero-order chi connectivity index (χ0) is 10.8. The van der Waals surface area contributed by atoms with Gasteiger partial charge >= 0.3 is 0 Å². The van der Waals surface area contributed by atoms with Crippen LogP contribution in [-0.4, -0.2) is 23.7 Å². The van der Waals surface area contributed by atoms with Gasteiger partial charge in [-0.2, -0.15) is 0 Å². The molecule has 0 aromatic carbocycles. The van der Waals surface area contributed by atoms with Crippen LogP contribution in [0.15, 0.2) is 16.7 Å². The molecule has 1 saturated heterocycles. The highest BCUT2D eigenvalue weighted by molar-refractivity contribution is 9.10. The van der Waals surface area contributed by atoms with E-state index < -0.39 is 0 Å². The monoisotopic (exact) mass is 290 g/mol. The lowest BCUT2D eigenvalue weighted by Gasteiger charge is -2.17. The molecule has 1 aromatic heterocycles. The summed E-state index contributed by atoms with van der Waals surface area (Å²) in [6.07, 6.45) is 2.88. The second kappa shape index (κ2) is 4.68. The molecule has 0 aliphatic carbocycles. The zero-order valence-corrected chi connectivity index (χ0v) is 10.7. The molecule has 3 nitrogen and oxygen atoms in total. The van der Waals surface area contributed by atoms with Gasteiger partial charge in [-0.1, -0.05) is 11.6 Å². The van der Waals surface area contributed by atoms with Gasteiger partial charge in [-0.25, -0.2) is 4.98 Å². The summed E-state index contributed by atoms with van der Waals surface area (Å²) in [6, 6.07) is 2.16. The first kappa shape index (κ1) is 11.2. The van der Waals surface area contributed by atoms with Crippen molar-refractivity contribution in [3.05, 3.63) is 21.8 Å². The number of halogens is 2. The van der Waals surface area contributed by atoms with E-state index in [1.807, 2.05) is 6.07 Å². The molecule has 2 atom stereocenters. The van der Waals surface area contributed by atoms with Crippen LogP contribution in [0.2, 0.25) is 5.02 Å². The van der Waals surface area contributed by atoms with Crippen LogP contribution in [0.1, 0.15) is 13.3 Å². The van der Waals surface area contributed by atoms with Crippen molar-refractivity contribution in [2.24, 2.45) is 0 Å². The van der Waals surface area contributed by atoms with E-state index in [0.717, 1.165) is 23.3 Å². The number of hydrogen-bond donors (Lipinski definition) is 1. The number of anilines is 1. The molecular weight excluding hydrogens is 279 g/mol. The van der Waals surface area contributed by atoms with Crippen LogP contribution in [0, 0.1) is 0 Å². The Morgan fingerprint density at radius 2 is 2.47 bits per heavy atom. The molecule has 82 valence electrons. The fourth-order valence-corrected chi connectivity index (χ4v) is 2.37. The van der Waals surface area contributed by atoms with Crippen LogP contribution >= 0.6 is 27.5 Å². The second-order valence-corrected chi connectivity index (χ2v) is 4.89. The van der Waals surface area contributed by atoms with Gasteiger partial charge in [0.1, 0.15) is 5.82 Å². The van der Waals surface area contributed by atoms with E-state index >= 15 is 0 Å². The fourth-order valence-electron chi connectivity index (χ4n) is 1.62. The van der Waals surface area contributed by atoms with Gasteiger partial charge in [0.2, 0.25) is 0 Å². The Bertz CT molecular complexity index is 361. The van der Waals surface area contributed by atoms with E-state index in [9.17, 15) is 0 Å². The number of nitrogens with one attached hydrogen (secondary N) is 1. The summed E-state index contributed by atoms with van der Waals surface area (Å²) in [7, 11) is 0. The quantitative estimate of drug-likeness (QED) is 0.909. The molecule has 0 bridgehead atoms. The molecule has 1 N–H and O–H groups in total. The number of aromatic nitrogens is 1. The number of ether oxygens (including phenoxy) is 1. The van der Waals surface area contributed by atoms with Gasteiger partial charge in [0, 0.05) is 12.8 Å². The molecule has 1 aliphatic rings. The maximum absolute atomic E-state index is 5.82. The summed E-state index contributed by atoms with van der Waals surface area (Å²) in [4.78, 5) is 4.23. The first-order chi connectivity index (χ1) is 7.16. The molecule has 1 aromatic rings. The average molecular weight is 292 g/mol. The summed E-state index contributed by atoms with van der Waals surface area (Å²) in [5.41, 5.74) is 0. The van der Waals surface area contributed by atoms with Crippen molar-refractivity contribution >= 4 is 33.3 Å². The van der Waals surface area contributed by atoms with Crippen LogP contribution in [0.4, 0.5) is 5.82 Å². The Morgan fingerprint density at radius 1 is 1.67 bits per heavy atom. The lowest BCUT2D eigenvalue weighted by molar-refractivity contribution is 0.121. The highest BCUT2D eigenvalue weighted by atomic mass is 79.9. The van der Waals surface area contributed by atoms with E-state index in [-0.39, 0.29) is 6.10 Å². The molecule has 2 unspecified atom stereocenters. The number of hydrogen-bond acceptors (Lipinski definition) is 3. The molecule has 0 radical (unpaired) electrons. The normalized spacial score (nSPS) is 25.5. The minimum atomic E-state index is 0.231. The van der Waals surface area contributed by atoms with E-state index in [1.165, 1.54) is 0 Å². The van der Waals surface area contributed by atoms with Gasteiger partial charge in [-0.15, -0.1) is 0 Å². The van der Waals surface area contributed by atoms with E-state index in [2.05, 4.69) is 33.2 Å². The SMILES string of the molecule is CC1OCCC1Nc1ncc(Cl)cc1Br. The Morgan fingerprint density at radius 3 is 3.07 bits per heavy atom. The first-order valence-corrected chi connectivity index (χ1v) is 6.03. The first-order valence-electron chi connectivity index (χ1n) is 4.86. The highest BCUT2D eigenvalue weighted by Crippen LogP contribution is 2.26. The van der Waals surface area contributed by atoms with Crippen molar-refractivity contribution in [2.75, 3.05) is 11.9 Å². The number of rotatable bonds is 2. The third-order valence-electron chi connectivity index (χ3n) is 2.51. The summed E-state index contributed by atoms with van der Waals surface area (Å²) < 4.78 is 6.35. The molecule has 5 heteroatoms. The van der Waals surface area contributed by atoms with Gasteiger partial charge in [-0.3, -0.25) is 0 Å². The van der Waals surface area contributed by atoms with E-state index in [4.69, 9.17) is 16.3 Å². The summed E-state index contributed by atoms with van der Waals surface area (Å²) >= 11 is 9.24. The molecule has 0 amide bonds. The number of nitrogens with zero attached hydrogens (tertiary/aromatic N) is 1. The van der Waals surface area contributed by atoms with Crippen LogP contribution in [0.5, 0.6) is 0 Å². The predicted octanol–water partition coefficient (Wildman–Crippen LogP) is 3.09. The van der Waals surface area contributed by atoms with Crippen molar-refractivity contribution in [3.8, 4) is 0 Å². The van der Waals surface area contributed by atoms with Crippen molar-refractivity contribution in [3.63, 3.8) is 0 Å².